The average Bonchev–Trinajstić information content (AvgIpc) is 3.12. The van der Waals surface area contributed by atoms with Crippen LogP contribution in [0.1, 0.15) is 18.4 Å². The third kappa shape index (κ3) is 2.55. The monoisotopic (exact) mass is 250 g/mol. The number of benzene rings is 1. The molecule has 0 radical (unpaired) electrons. The van der Waals surface area contributed by atoms with Crippen LogP contribution in [0.4, 0.5) is 5.69 Å². The summed E-state index contributed by atoms with van der Waals surface area (Å²) in [5, 5.41) is 2.84. The van der Waals surface area contributed by atoms with Crippen LogP contribution in [0.15, 0.2) is 18.2 Å². The number of rotatable bonds is 4. The van der Waals surface area contributed by atoms with Crippen molar-refractivity contribution in [2.45, 2.75) is 12.8 Å². The van der Waals surface area contributed by atoms with E-state index >= 15 is 0 Å². The van der Waals surface area contributed by atoms with Crippen LogP contribution in [0.25, 0.3) is 0 Å². The molecule has 17 heavy (non-hydrogen) atoms. The van der Waals surface area contributed by atoms with E-state index in [4.69, 9.17) is 22.7 Å². The number of hydrogen-bond acceptors (Lipinski definition) is 3. The van der Waals surface area contributed by atoms with E-state index in [1.165, 1.54) is 0 Å². The van der Waals surface area contributed by atoms with Gasteiger partial charge in [-0.05, 0) is 25.0 Å². The molecule has 3 N–H and O–H groups in total. The predicted molar refractivity (Wildman–Crippen MR) is 70.2 cm³/mol. The summed E-state index contributed by atoms with van der Waals surface area (Å²) in [6.45, 7) is 0. The van der Waals surface area contributed by atoms with Gasteiger partial charge in [0, 0.05) is 11.5 Å². The number of methoxy groups -OCH3 is 1. The van der Waals surface area contributed by atoms with Crippen LogP contribution in [0, 0.1) is 5.92 Å². The second-order valence-electron chi connectivity index (χ2n) is 4.01. The Morgan fingerprint density at radius 2 is 2.24 bits per heavy atom. The second-order valence-corrected chi connectivity index (χ2v) is 4.45. The minimum atomic E-state index is 0.00648. The van der Waals surface area contributed by atoms with Gasteiger partial charge in [0.15, 0.2) is 0 Å². The smallest absolute Gasteiger partial charge is 0.227 e. The van der Waals surface area contributed by atoms with Gasteiger partial charge in [-0.2, -0.15) is 0 Å². The van der Waals surface area contributed by atoms with Gasteiger partial charge in [0.2, 0.25) is 5.91 Å². The summed E-state index contributed by atoms with van der Waals surface area (Å²) in [6.07, 6.45) is 1.90. The average molecular weight is 250 g/mol. The second kappa shape index (κ2) is 4.71. The Balaban J connectivity index is 2.33. The highest BCUT2D eigenvalue weighted by Crippen LogP contribution is 2.33. The molecule has 0 unspecified atom stereocenters. The molecule has 0 bridgehead atoms. The van der Waals surface area contributed by atoms with Crippen LogP contribution in [0.2, 0.25) is 0 Å². The maximum absolute atomic E-state index is 11.8. The highest BCUT2D eigenvalue weighted by Gasteiger charge is 2.30. The van der Waals surface area contributed by atoms with Crippen molar-refractivity contribution >= 4 is 28.8 Å². The fourth-order valence-corrected chi connectivity index (χ4v) is 1.78. The molecule has 2 rings (SSSR count). The lowest BCUT2D eigenvalue weighted by atomic mass is 10.1. The molecule has 1 saturated carbocycles. The van der Waals surface area contributed by atoms with Crippen LogP contribution in [0.5, 0.6) is 5.75 Å². The molecule has 0 atom stereocenters. The first-order valence-corrected chi connectivity index (χ1v) is 5.82. The van der Waals surface area contributed by atoms with Crippen LogP contribution in [-0.2, 0) is 4.79 Å². The van der Waals surface area contributed by atoms with Crippen molar-refractivity contribution in [2.24, 2.45) is 11.7 Å². The third-order valence-corrected chi connectivity index (χ3v) is 2.93. The number of nitrogens with two attached hydrogens (primary N) is 1. The Labute approximate surface area is 105 Å². The number of nitrogens with one attached hydrogen (secondary N) is 1. The van der Waals surface area contributed by atoms with Gasteiger partial charge in [0.1, 0.15) is 10.7 Å². The standard InChI is InChI=1S/C12H14N2O2S/c1-16-9-4-2-3-8(11(13)17)10(9)14-12(15)7-5-6-7/h2-4,7H,5-6H2,1H3,(H2,13,17)(H,14,15). The normalized spacial score (nSPS) is 14.2. The van der Waals surface area contributed by atoms with E-state index in [1.807, 2.05) is 0 Å². The van der Waals surface area contributed by atoms with Crippen molar-refractivity contribution in [1.29, 1.82) is 0 Å². The van der Waals surface area contributed by atoms with E-state index in [0.29, 0.717) is 17.0 Å². The number of ether oxygens (including phenoxy) is 1. The maximum Gasteiger partial charge on any atom is 0.227 e. The lowest BCUT2D eigenvalue weighted by molar-refractivity contribution is -0.117. The number of thiocarbonyl (C=S) groups is 1. The van der Waals surface area contributed by atoms with Gasteiger partial charge >= 0.3 is 0 Å². The molecule has 0 saturated heterocycles. The van der Waals surface area contributed by atoms with E-state index in [1.54, 1.807) is 25.3 Å². The van der Waals surface area contributed by atoms with Crippen molar-refractivity contribution in [3.63, 3.8) is 0 Å². The van der Waals surface area contributed by atoms with E-state index < -0.39 is 0 Å². The number of carbonyl (C=O) groups is 1. The molecule has 4 nitrogen and oxygen atoms in total. The molecule has 1 aliphatic rings. The molecular formula is C12H14N2O2S. The summed E-state index contributed by atoms with van der Waals surface area (Å²) >= 11 is 4.96. The summed E-state index contributed by atoms with van der Waals surface area (Å²) < 4.78 is 5.21. The predicted octanol–water partition coefficient (Wildman–Crippen LogP) is 1.68. The van der Waals surface area contributed by atoms with E-state index in [2.05, 4.69) is 5.32 Å². The van der Waals surface area contributed by atoms with Crippen molar-refractivity contribution in [3.05, 3.63) is 23.8 Å². The highest BCUT2D eigenvalue weighted by molar-refractivity contribution is 7.80. The first-order chi connectivity index (χ1) is 8.13. The molecule has 1 aromatic carbocycles. The molecule has 1 fully saturated rings. The third-order valence-electron chi connectivity index (χ3n) is 2.71. The van der Waals surface area contributed by atoms with Crippen LogP contribution in [-0.4, -0.2) is 18.0 Å². The Hall–Kier alpha value is -1.62. The van der Waals surface area contributed by atoms with Gasteiger partial charge in [-0.15, -0.1) is 0 Å². The number of amides is 1. The molecule has 5 heteroatoms. The summed E-state index contributed by atoms with van der Waals surface area (Å²) in [4.78, 5) is 12.0. The number of hydrogen-bond donors (Lipinski definition) is 2. The molecule has 0 aromatic heterocycles. The van der Waals surface area contributed by atoms with Crippen molar-refractivity contribution in [2.75, 3.05) is 12.4 Å². The number of anilines is 1. The van der Waals surface area contributed by atoms with E-state index in [9.17, 15) is 4.79 Å². The van der Waals surface area contributed by atoms with Gasteiger partial charge in [0.05, 0.1) is 12.8 Å². The minimum Gasteiger partial charge on any atom is -0.495 e. The molecule has 90 valence electrons. The Morgan fingerprint density at radius 1 is 1.53 bits per heavy atom. The fraction of sp³-hybridized carbons (Fsp3) is 0.333. The zero-order valence-corrected chi connectivity index (χ0v) is 10.3. The summed E-state index contributed by atoms with van der Waals surface area (Å²) in [5.41, 5.74) is 6.83. The lowest BCUT2D eigenvalue weighted by Gasteiger charge is -2.13. The zero-order chi connectivity index (χ0) is 12.4. The molecule has 1 aliphatic carbocycles. The van der Waals surface area contributed by atoms with Gasteiger partial charge in [-0.3, -0.25) is 4.79 Å². The van der Waals surface area contributed by atoms with E-state index in [0.717, 1.165) is 12.8 Å². The Bertz CT molecular complexity index is 470. The molecule has 0 heterocycles. The lowest BCUT2D eigenvalue weighted by Crippen LogP contribution is -2.19. The van der Waals surface area contributed by atoms with Crippen LogP contribution in [0.3, 0.4) is 0 Å². The Kier molecular flexibility index (Phi) is 3.28. The molecule has 0 aliphatic heterocycles. The van der Waals surface area contributed by atoms with Crippen LogP contribution < -0.4 is 15.8 Å². The first-order valence-electron chi connectivity index (χ1n) is 5.41. The van der Waals surface area contributed by atoms with Crippen molar-refractivity contribution in [1.82, 2.24) is 0 Å². The molecular weight excluding hydrogens is 236 g/mol. The Morgan fingerprint density at radius 3 is 2.76 bits per heavy atom. The fourth-order valence-electron chi connectivity index (χ4n) is 1.61. The van der Waals surface area contributed by atoms with Crippen molar-refractivity contribution < 1.29 is 9.53 Å². The van der Waals surface area contributed by atoms with Gasteiger partial charge in [0.25, 0.3) is 0 Å². The zero-order valence-electron chi connectivity index (χ0n) is 9.53. The quantitative estimate of drug-likeness (QED) is 0.798. The van der Waals surface area contributed by atoms with Gasteiger partial charge < -0.3 is 15.8 Å². The van der Waals surface area contributed by atoms with Gasteiger partial charge in [-0.25, -0.2) is 0 Å². The minimum absolute atomic E-state index is 0.00648. The highest BCUT2D eigenvalue weighted by atomic mass is 32.1. The van der Waals surface area contributed by atoms with Crippen LogP contribution >= 0.6 is 12.2 Å². The number of para-hydroxylation sites is 1. The van der Waals surface area contributed by atoms with Gasteiger partial charge in [-0.1, -0.05) is 18.3 Å². The van der Waals surface area contributed by atoms with Crippen molar-refractivity contribution in [3.8, 4) is 5.75 Å². The molecule has 0 spiro atoms. The molecule has 1 aromatic rings. The topological polar surface area (TPSA) is 64.3 Å². The first kappa shape index (κ1) is 11.9. The summed E-state index contributed by atoms with van der Waals surface area (Å²) in [6, 6.07) is 5.33. The molecule has 1 amide bonds. The maximum atomic E-state index is 11.8. The SMILES string of the molecule is COc1cccc(C(N)=S)c1NC(=O)C1CC1. The summed E-state index contributed by atoms with van der Waals surface area (Å²) in [7, 11) is 1.55. The number of carbonyl (C=O) groups excluding carboxylic acids is 1. The largest absolute Gasteiger partial charge is 0.495 e. The van der Waals surface area contributed by atoms with E-state index in [-0.39, 0.29) is 16.8 Å². The summed E-state index contributed by atoms with van der Waals surface area (Å²) in [5.74, 6) is 0.704.